The average molecular weight is 473 g/mol. The molecule has 0 bridgehead atoms. The van der Waals surface area contributed by atoms with E-state index in [2.05, 4.69) is 44.3 Å². The number of carbonyl (C=O) groups is 1. The van der Waals surface area contributed by atoms with Crippen molar-refractivity contribution >= 4 is 29.5 Å². The molecule has 3 aromatic rings. The van der Waals surface area contributed by atoms with Gasteiger partial charge in [-0.25, -0.2) is 9.29 Å². The molecule has 2 atom stereocenters. The average Bonchev–Trinajstić information content (AvgIpc) is 3.31. The third-order valence-corrected chi connectivity index (χ3v) is 6.83. The van der Waals surface area contributed by atoms with Crippen molar-refractivity contribution in [3.63, 3.8) is 0 Å². The highest BCUT2D eigenvalue weighted by Crippen LogP contribution is 2.28. The summed E-state index contributed by atoms with van der Waals surface area (Å²) in [6.07, 6.45) is 1.79. The van der Waals surface area contributed by atoms with Gasteiger partial charge in [0.05, 0.1) is 23.5 Å². The van der Waals surface area contributed by atoms with Gasteiger partial charge in [-0.1, -0.05) is 49.4 Å². The molecular weight excluding hydrogens is 444 g/mol. The van der Waals surface area contributed by atoms with Gasteiger partial charge in [0.2, 0.25) is 5.91 Å². The lowest BCUT2D eigenvalue weighted by Gasteiger charge is -2.22. The number of likely N-dealkylation sites (N-methyl/N-ethyl adjacent to an activating group) is 1. The molecule has 2 aromatic carbocycles. The topological polar surface area (TPSA) is 84.3 Å². The summed E-state index contributed by atoms with van der Waals surface area (Å²) < 4.78 is 4.35. The molecular formula is C26H28N6OS. The predicted molar refractivity (Wildman–Crippen MR) is 137 cm³/mol. The van der Waals surface area contributed by atoms with Gasteiger partial charge in [0.15, 0.2) is 0 Å². The van der Waals surface area contributed by atoms with Crippen molar-refractivity contribution in [1.82, 2.24) is 14.6 Å². The lowest BCUT2D eigenvalue weighted by atomic mass is 9.98. The second-order valence-electron chi connectivity index (χ2n) is 8.31. The van der Waals surface area contributed by atoms with E-state index in [4.69, 9.17) is 5.26 Å². The number of nitrogens with zero attached hydrogens (tertiary/aromatic N) is 4. The van der Waals surface area contributed by atoms with Gasteiger partial charge in [-0.05, 0) is 48.4 Å². The number of hydrogen-bond acceptors (Lipinski definition) is 7. The summed E-state index contributed by atoms with van der Waals surface area (Å²) in [7, 11) is 2.06. The van der Waals surface area contributed by atoms with Crippen LogP contribution in [0.4, 0.5) is 11.5 Å². The van der Waals surface area contributed by atoms with E-state index in [0.29, 0.717) is 17.9 Å². The first kappa shape index (κ1) is 23.8. The maximum atomic E-state index is 13.3. The summed E-state index contributed by atoms with van der Waals surface area (Å²) in [5, 5.41) is 15.4. The van der Waals surface area contributed by atoms with Crippen molar-refractivity contribution in [2.75, 3.05) is 36.3 Å². The van der Waals surface area contributed by atoms with Crippen molar-refractivity contribution < 1.29 is 4.79 Å². The van der Waals surface area contributed by atoms with Crippen LogP contribution in [-0.4, -0.2) is 41.9 Å². The summed E-state index contributed by atoms with van der Waals surface area (Å²) >= 11 is 1.66. The molecule has 2 unspecified atom stereocenters. The Morgan fingerprint density at radius 3 is 2.47 bits per heavy atom. The first-order chi connectivity index (χ1) is 16.5. The number of aromatic nitrogens is 1. The zero-order valence-corrected chi connectivity index (χ0v) is 20.1. The summed E-state index contributed by atoms with van der Waals surface area (Å²) in [5.74, 6) is 0.531. The Balaban J connectivity index is 1.43. The quantitative estimate of drug-likeness (QED) is 0.472. The molecule has 1 aliphatic heterocycles. The van der Waals surface area contributed by atoms with E-state index in [1.54, 1.807) is 18.3 Å². The van der Waals surface area contributed by atoms with E-state index in [9.17, 15) is 4.79 Å². The molecule has 1 aliphatic rings. The van der Waals surface area contributed by atoms with Crippen molar-refractivity contribution in [1.29, 1.82) is 5.26 Å². The van der Waals surface area contributed by atoms with Gasteiger partial charge in [-0.3, -0.25) is 4.79 Å². The zero-order chi connectivity index (χ0) is 23.9. The van der Waals surface area contributed by atoms with E-state index in [1.807, 2.05) is 66.7 Å². The van der Waals surface area contributed by atoms with Crippen LogP contribution in [-0.2, 0) is 4.79 Å². The number of amides is 1. The highest BCUT2D eigenvalue weighted by atomic mass is 32.2. The van der Waals surface area contributed by atoms with Gasteiger partial charge in [0.1, 0.15) is 11.9 Å². The number of nitriles is 1. The Morgan fingerprint density at radius 2 is 1.85 bits per heavy atom. The molecule has 1 saturated heterocycles. The van der Waals surface area contributed by atoms with E-state index in [-0.39, 0.29) is 11.8 Å². The van der Waals surface area contributed by atoms with Crippen molar-refractivity contribution in [3.8, 4) is 6.07 Å². The normalized spacial score (nSPS) is 15.5. The fraction of sp³-hybridized carbons (Fsp3) is 0.269. The summed E-state index contributed by atoms with van der Waals surface area (Å²) in [6.45, 7) is 4.63. The van der Waals surface area contributed by atoms with E-state index < -0.39 is 6.04 Å². The molecule has 2 N–H and O–H groups in total. The minimum atomic E-state index is -0.522. The smallest absolute Gasteiger partial charge is 0.247 e. The minimum absolute atomic E-state index is 0.159. The number of benzene rings is 2. The van der Waals surface area contributed by atoms with Gasteiger partial charge < -0.3 is 14.9 Å². The SMILES string of the molecule is CC(CNC(C(=O)Nc1ccc(N2CCN(C)S2)cn1)c1ccccc1)c1ccc(C#N)cc1. The molecule has 0 spiro atoms. The van der Waals surface area contributed by atoms with Crippen LogP contribution in [0.2, 0.25) is 0 Å². The molecule has 7 nitrogen and oxygen atoms in total. The summed E-state index contributed by atoms with van der Waals surface area (Å²) in [4.78, 5) is 17.7. The van der Waals surface area contributed by atoms with E-state index in [1.165, 1.54) is 0 Å². The van der Waals surface area contributed by atoms with Crippen LogP contribution < -0.4 is 14.9 Å². The number of anilines is 2. The third-order valence-electron chi connectivity index (χ3n) is 5.78. The molecule has 174 valence electrons. The molecule has 4 rings (SSSR count). The van der Waals surface area contributed by atoms with Gasteiger partial charge in [0, 0.05) is 31.8 Å². The Hall–Kier alpha value is -3.38. The van der Waals surface area contributed by atoms with E-state index >= 15 is 0 Å². The highest BCUT2D eigenvalue weighted by Gasteiger charge is 2.22. The van der Waals surface area contributed by atoms with E-state index in [0.717, 1.165) is 29.9 Å². The molecule has 8 heteroatoms. The van der Waals surface area contributed by atoms with Gasteiger partial charge in [-0.2, -0.15) is 5.26 Å². The number of pyridine rings is 1. The monoisotopic (exact) mass is 472 g/mol. The molecule has 1 fully saturated rings. The highest BCUT2D eigenvalue weighted by molar-refractivity contribution is 7.98. The minimum Gasteiger partial charge on any atom is -0.309 e. The van der Waals surface area contributed by atoms with Crippen LogP contribution in [0.5, 0.6) is 0 Å². The van der Waals surface area contributed by atoms with Crippen LogP contribution in [0, 0.1) is 11.3 Å². The maximum absolute atomic E-state index is 13.3. The fourth-order valence-corrected chi connectivity index (χ4v) is 4.64. The van der Waals surface area contributed by atoms with Gasteiger partial charge in [-0.15, -0.1) is 0 Å². The van der Waals surface area contributed by atoms with Gasteiger partial charge >= 0.3 is 0 Å². The predicted octanol–water partition coefficient (Wildman–Crippen LogP) is 4.34. The third kappa shape index (κ3) is 5.94. The molecule has 1 aromatic heterocycles. The van der Waals surface area contributed by atoms with Gasteiger partial charge in [0.25, 0.3) is 0 Å². The molecule has 0 radical (unpaired) electrons. The molecule has 1 amide bonds. The maximum Gasteiger partial charge on any atom is 0.247 e. The molecule has 0 aliphatic carbocycles. The largest absolute Gasteiger partial charge is 0.309 e. The van der Waals surface area contributed by atoms with Crippen molar-refractivity contribution in [2.45, 2.75) is 18.9 Å². The Kier molecular flexibility index (Phi) is 7.80. The second kappa shape index (κ2) is 11.2. The fourth-order valence-electron chi connectivity index (χ4n) is 3.77. The number of hydrogen-bond donors (Lipinski definition) is 2. The number of carbonyl (C=O) groups excluding carboxylic acids is 1. The molecule has 0 saturated carbocycles. The lowest BCUT2D eigenvalue weighted by molar-refractivity contribution is -0.118. The summed E-state index contributed by atoms with van der Waals surface area (Å²) in [5.41, 5.74) is 3.65. The molecule has 2 heterocycles. The van der Waals surface area contributed by atoms with Crippen LogP contribution in [0.15, 0.2) is 72.9 Å². The van der Waals surface area contributed by atoms with Crippen LogP contribution in [0.25, 0.3) is 0 Å². The lowest BCUT2D eigenvalue weighted by Crippen LogP contribution is -2.35. The Bertz CT molecular complexity index is 1130. The van der Waals surface area contributed by atoms with Crippen molar-refractivity contribution in [3.05, 3.63) is 89.6 Å². The number of nitrogens with one attached hydrogen (secondary N) is 2. The van der Waals surface area contributed by atoms with Crippen molar-refractivity contribution in [2.24, 2.45) is 0 Å². The Morgan fingerprint density at radius 1 is 1.09 bits per heavy atom. The Labute approximate surface area is 205 Å². The first-order valence-electron chi connectivity index (χ1n) is 11.3. The first-order valence-corrected chi connectivity index (χ1v) is 12.0. The number of rotatable bonds is 8. The standard InChI is InChI=1S/C26H28N6OS/c1-19(21-10-8-20(16-27)9-11-21)17-29-25(22-6-4-3-5-7-22)26(33)30-24-13-12-23(18-28-24)32-15-14-31(2)34-32/h3-13,18-19,25,29H,14-15,17H2,1-2H3,(H,28,30,33). The van der Waals surface area contributed by atoms with Crippen LogP contribution >= 0.6 is 12.1 Å². The zero-order valence-electron chi connectivity index (χ0n) is 19.3. The van der Waals surface area contributed by atoms with Crippen LogP contribution in [0.3, 0.4) is 0 Å². The summed E-state index contributed by atoms with van der Waals surface area (Å²) in [6, 6.07) is 22.7. The second-order valence-corrected chi connectivity index (χ2v) is 9.54. The van der Waals surface area contributed by atoms with Crippen LogP contribution in [0.1, 0.15) is 35.6 Å². The molecule has 34 heavy (non-hydrogen) atoms.